The zero-order chi connectivity index (χ0) is 9.80. The second-order valence-corrected chi connectivity index (χ2v) is 4.49. The summed E-state index contributed by atoms with van der Waals surface area (Å²) in [4.78, 5) is 2.44. The van der Waals surface area contributed by atoms with Crippen molar-refractivity contribution in [1.82, 2.24) is 5.32 Å². The summed E-state index contributed by atoms with van der Waals surface area (Å²) in [6, 6.07) is 8.53. The minimum atomic E-state index is 1.09. The fourth-order valence-electron chi connectivity index (χ4n) is 1.78. The van der Waals surface area contributed by atoms with E-state index in [2.05, 4.69) is 50.4 Å². The van der Waals surface area contributed by atoms with E-state index in [0.717, 1.165) is 30.7 Å². The van der Waals surface area contributed by atoms with Crippen LogP contribution in [0.1, 0.15) is 6.42 Å². The molecule has 1 aromatic carbocycles. The number of nitrogens with zero attached hydrogens (tertiary/aromatic N) is 1. The smallest absolute Gasteiger partial charge is 0.0377 e. The molecular formula is C11H15BrN2. The fourth-order valence-corrected chi connectivity index (χ4v) is 2.16. The number of hydrogen-bond donors (Lipinski definition) is 1. The second kappa shape index (κ2) is 4.80. The Hall–Kier alpha value is -0.540. The molecule has 0 spiro atoms. The summed E-state index contributed by atoms with van der Waals surface area (Å²) in [5.74, 6) is 0. The first kappa shape index (κ1) is 9.99. The van der Waals surface area contributed by atoms with E-state index in [-0.39, 0.29) is 0 Å². The molecule has 0 amide bonds. The number of hydrogen-bond acceptors (Lipinski definition) is 2. The Bertz CT molecular complexity index is 293. The molecule has 2 nitrogen and oxygen atoms in total. The van der Waals surface area contributed by atoms with E-state index in [1.807, 2.05) is 0 Å². The van der Waals surface area contributed by atoms with E-state index in [9.17, 15) is 0 Å². The number of anilines is 1. The van der Waals surface area contributed by atoms with Crippen LogP contribution in [0.15, 0.2) is 28.7 Å². The third-order valence-corrected chi connectivity index (χ3v) is 3.01. The van der Waals surface area contributed by atoms with Gasteiger partial charge in [-0.3, -0.25) is 0 Å². The minimum absolute atomic E-state index is 1.09. The van der Waals surface area contributed by atoms with Gasteiger partial charge in [0.1, 0.15) is 0 Å². The van der Waals surface area contributed by atoms with Gasteiger partial charge in [0.05, 0.1) is 0 Å². The Labute approximate surface area is 93.4 Å². The summed E-state index contributed by atoms with van der Waals surface area (Å²) >= 11 is 3.51. The predicted octanol–water partition coefficient (Wildman–Crippen LogP) is 2.25. The molecule has 1 aliphatic rings. The number of halogens is 1. The maximum atomic E-state index is 3.51. The molecule has 1 N–H and O–H groups in total. The van der Waals surface area contributed by atoms with Gasteiger partial charge in [0, 0.05) is 29.8 Å². The van der Waals surface area contributed by atoms with Gasteiger partial charge in [0.25, 0.3) is 0 Å². The van der Waals surface area contributed by atoms with Gasteiger partial charge >= 0.3 is 0 Å². The zero-order valence-electron chi connectivity index (χ0n) is 8.17. The van der Waals surface area contributed by atoms with Crippen molar-refractivity contribution in [3.8, 4) is 0 Å². The molecule has 76 valence electrons. The first-order valence-corrected chi connectivity index (χ1v) is 5.87. The van der Waals surface area contributed by atoms with Gasteiger partial charge in [-0.25, -0.2) is 0 Å². The molecule has 14 heavy (non-hydrogen) atoms. The van der Waals surface area contributed by atoms with Gasteiger partial charge in [-0.15, -0.1) is 0 Å². The summed E-state index contributed by atoms with van der Waals surface area (Å²) in [5.41, 5.74) is 1.32. The van der Waals surface area contributed by atoms with Crippen molar-refractivity contribution >= 4 is 21.6 Å². The molecule has 3 heteroatoms. The van der Waals surface area contributed by atoms with Crippen molar-refractivity contribution in [2.45, 2.75) is 6.42 Å². The van der Waals surface area contributed by atoms with Gasteiger partial charge in [0.15, 0.2) is 0 Å². The summed E-state index contributed by atoms with van der Waals surface area (Å²) in [6.45, 7) is 4.50. The Balaban J connectivity index is 2.12. The summed E-state index contributed by atoms with van der Waals surface area (Å²) in [5, 5.41) is 3.41. The lowest BCUT2D eigenvalue weighted by Crippen LogP contribution is -2.27. The maximum Gasteiger partial charge on any atom is 0.0377 e. The molecule has 0 saturated carbocycles. The topological polar surface area (TPSA) is 15.3 Å². The molecule has 1 saturated heterocycles. The molecular weight excluding hydrogens is 240 g/mol. The molecule has 0 radical (unpaired) electrons. The van der Waals surface area contributed by atoms with Crippen LogP contribution in [-0.2, 0) is 0 Å². The monoisotopic (exact) mass is 254 g/mol. The van der Waals surface area contributed by atoms with Crippen LogP contribution in [0.25, 0.3) is 0 Å². The third-order valence-electron chi connectivity index (χ3n) is 2.51. The fraction of sp³-hybridized carbons (Fsp3) is 0.455. The Morgan fingerprint density at radius 2 is 2.14 bits per heavy atom. The average molecular weight is 255 g/mol. The molecule has 0 atom stereocenters. The third kappa shape index (κ3) is 2.49. The molecule has 1 heterocycles. The van der Waals surface area contributed by atoms with E-state index in [0.29, 0.717) is 0 Å². The minimum Gasteiger partial charge on any atom is -0.370 e. The SMILES string of the molecule is Brc1cccc(N2CCCNCC2)c1. The standard InChI is InChI=1S/C11H15BrN2/c12-10-3-1-4-11(9-10)14-7-2-5-13-6-8-14/h1,3-4,9,13H,2,5-8H2. The first-order valence-electron chi connectivity index (χ1n) is 5.07. The van der Waals surface area contributed by atoms with Crippen LogP contribution in [0.3, 0.4) is 0 Å². The number of rotatable bonds is 1. The Morgan fingerprint density at radius 1 is 1.21 bits per heavy atom. The van der Waals surface area contributed by atoms with Crippen LogP contribution >= 0.6 is 15.9 Å². The summed E-state index contributed by atoms with van der Waals surface area (Å²) in [6.07, 6.45) is 1.23. The average Bonchev–Trinajstić information content (AvgIpc) is 2.45. The van der Waals surface area contributed by atoms with Crippen LogP contribution in [0.2, 0.25) is 0 Å². The molecule has 0 unspecified atom stereocenters. The van der Waals surface area contributed by atoms with Crippen molar-refractivity contribution < 1.29 is 0 Å². The van der Waals surface area contributed by atoms with E-state index >= 15 is 0 Å². The molecule has 1 fully saturated rings. The van der Waals surface area contributed by atoms with Gasteiger partial charge in [-0.1, -0.05) is 22.0 Å². The lowest BCUT2D eigenvalue weighted by Gasteiger charge is -2.22. The van der Waals surface area contributed by atoms with Crippen molar-refractivity contribution in [1.29, 1.82) is 0 Å². The molecule has 0 bridgehead atoms. The quantitative estimate of drug-likeness (QED) is 0.828. The molecule has 2 rings (SSSR count). The second-order valence-electron chi connectivity index (χ2n) is 3.57. The van der Waals surface area contributed by atoms with Crippen LogP contribution in [-0.4, -0.2) is 26.2 Å². The van der Waals surface area contributed by atoms with Gasteiger partial charge in [0.2, 0.25) is 0 Å². The predicted molar refractivity (Wildman–Crippen MR) is 63.8 cm³/mol. The van der Waals surface area contributed by atoms with Gasteiger partial charge in [-0.2, -0.15) is 0 Å². The van der Waals surface area contributed by atoms with Crippen LogP contribution in [0.4, 0.5) is 5.69 Å². The van der Waals surface area contributed by atoms with Gasteiger partial charge < -0.3 is 10.2 Å². The highest BCUT2D eigenvalue weighted by molar-refractivity contribution is 9.10. The molecule has 1 aromatic rings. The van der Waals surface area contributed by atoms with Crippen LogP contribution < -0.4 is 10.2 Å². The normalized spacial score (nSPS) is 17.9. The van der Waals surface area contributed by atoms with E-state index in [1.165, 1.54) is 12.1 Å². The Morgan fingerprint density at radius 3 is 3.00 bits per heavy atom. The number of nitrogens with one attached hydrogen (secondary N) is 1. The number of benzene rings is 1. The van der Waals surface area contributed by atoms with E-state index < -0.39 is 0 Å². The van der Waals surface area contributed by atoms with Crippen LogP contribution in [0, 0.1) is 0 Å². The molecule has 0 aliphatic carbocycles. The lowest BCUT2D eigenvalue weighted by atomic mass is 10.3. The van der Waals surface area contributed by atoms with Crippen LogP contribution in [0.5, 0.6) is 0 Å². The van der Waals surface area contributed by atoms with Crippen molar-refractivity contribution in [2.75, 3.05) is 31.1 Å². The highest BCUT2D eigenvalue weighted by atomic mass is 79.9. The Kier molecular flexibility index (Phi) is 3.43. The van der Waals surface area contributed by atoms with Crippen molar-refractivity contribution in [2.24, 2.45) is 0 Å². The van der Waals surface area contributed by atoms with E-state index in [4.69, 9.17) is 0 Å². The maximum absolute atomic E-state index is 3.51. The highest BCUT2D eigenvalue weighted by Gasteiger charge is 2.08. The highest BCUT2D eigenvalue weighted by Crippen LogP contribution is 2.20. The zero-order valence-corrected chi connectivity index (χ0v) is 9.76. The molecule has 0 aromatic heterocycles. The molecule has 1 aliphatic heterocycles. The summed E-state index contributed by atoms with van der Waals surface area (Å²) in [7, 11) is 0. The van der Waals surface area contributed by atoms with Crippen molar-refractivity contribution in [3.63, 3.8) is 0 Å². The first-order chi connectivity index (χ1) is 6.86. The van der Waals surface area contributed by atoms with E-state index in [1.54, 1.807) is 0 Å². The van der Waals surface area contributed by atoms with Crippen molar-refractivity contribution in [3.05, 3.63) is 28.7 Å². The summed E-state index contributed by atoms with van der Waals surface area (Å²) < 4.78 is 1.16. The van der Waals surface area contributed by atoms with Gasteiger partial charge in [-0.05, 0) is 31.2 Å². The largest absolute Gasteiger partial charge is 0.370 e. The lowest BCUT2D eigenvalue weighted by molar-refractivity contribution is 0.724.